The molecule has 1 N–H and O–H groups in total. The highest BCUT2D eigenvalue weighted by molar-refractivity contribution is 7.16. The number of carbonyl (C=O) groups is 1. The third kappa shape index (κ3) is 3.46. The van der Waals surface area contributed by atoms with Gasteiger partial charge in [-0.1, -0.05) is 43.1 Å². The van der Waals surface area contributed by atoms with Crippen LogP contribution < -0.4 is 0 Å². The van der Waals surface area contributed by atoms with Gasteiger partial charge in [-0.25, -0.2) is 9.78 Å². The largest absolute Gasteiger partial charge is 0.478 e. The Morgan fingerprint density at radius 2 is 2.20 bits per heavy atom. The number of halogens is 1. The van der Waals surface area contributed by atoms with Crippen molar-refractivity contribution in [2.45, 2.75) is 19.8 Å². The molecular formula is C15H14ClNO2S. The van der Waals surface area contributed by atoms with Crippen molar-refractivity contribution < 1.29 is 9.90 Å². The fourth-order valence-corrected chi connectivity index (χ4v) is 3.14. The normalized spacial score (nSPS) is 11.1. The lowest BCUT2D eigenvalue weighted by atomic mass is 10.2. The van der Waals surface area contributed by atoms with E-state index < -0.39 is 5.97 Å². The van der Waals surface area contributed by atoms with E-state index in [4.69, 9.17) is 16.7 Å². The van der Waals surface area contributed by atoms with Crippen molar-refractivity contribution in [1.29, 1.82) is 0 Å². The summed E-state index contributed by atoms with van der Waals surface area (Å²) in [5.74, 6) is -0.958. The molecule has 0 aliphatic heterocycles. The quantitative estimate of drug-likeness (QED) is 0.827. The number of carboxylic acids is 1. The molecule has 104 valence electrons. The SMILES string of the molecule is CCCc1nc(-c2ccccc2Cl)sc1/C=C/C(=O)O. The van der Waals surface area contributed by atoms with E-state index in [1.165, 1.54) is 11.3 Å². The van der Waals surface area contributed by atoms with Gasteiger partial charge in [-0.05, 0) is 18.6 Å². The topological polar surface area (TPSA) is 50.2 Å². The van der Waals surface area contributed by atoms with Crippen LogP contribution in [-0.2, 0) is 11.2 Å². The van der Waals surface area contributed by atoms with Gasteiger partial charge in [-0.15, -0.1) is 11.3 Å². The zero-order chi connectivity index (χ0) is 14.5. The van der Waals surface area contributed by atoms with Crippen LogP contribution in [0, 0.1) is 0 Å². The van der Waals surface area contributed by atoms with Crippen LogP contribution in [0.3, 0.4) is 0 Å². The van der Waals surface area contributed by atoms with E-state index >= 15 is 0 Å². The molecule has 3 nitrogen and oxygen atoms in total. The van der Waals surface area contributed by atoms with Crippen molar-refractivity contribution in [2.75, 3.05) is 0 Å². The highest BCUT2D eigenvalue weighted by Crippen LogP contribution is 2.33. The monoisotopic (exact) mass is 307 g/mol. The lowest BCUT2D eigenvalue weighted by molar-refractivity contribution is -0.131. The molecule has 0 saturated heterocycles. The molecule has 0 amide bonds. The minimum atomic E-state index is -0.958. The number of aromatic nitrogens is 1. The third-order valence-electron chi connectivity index (χ3n) is 2.70. The zero-order valence-corrected chi connectivity index (χ0v) is 12.5. The Kier molecular flexibility index (Phi) is 4.93. The summed E-state index contributed by atoms with van der Waals surface area (Å²) in [6, 6.07) is 7.53. The fourth-order valence-electron chi connectivity index (χ4n) is 1.81. The molecule has 2 aromatic rings. The molecule has 0 saturated carbocycles. The molecule has 2 rings (SSSR count). The molecule has 5 heteroatoms. The van der Waals surface area contributed by atoms with E-state index in [-0.39, 0.29) is 0 Å². The van der Waals surface area contributed by atoms with E-state index in [0.717, 1.165) is 40.1 Å². The number of carboxylic acid groups (broad SMARTS) is 1. The first kappa shape index (κ1) is 14.8. The standard InChI is InChI=1S/C15H14ClNO2S/c1-2-5-12-13(8-9-14(18)19)20-15(17-12)10-6-3-4-7-11(10)16/h3-4,6-9H,2,5H2,1H3,(H,18,19)/b9-8+. The second-order valence-corrected chi connectivity index (χ2v) is 5.67. The van der Waals surface area contributed by atoms with Gasteiger partial charge in [0.05, 0.1) is 15.6 Å². The van der Waals surface area contributed by atoms with Crippen molar-refractivity contribution >= 4 is 35.0 Å². The minimum Gasteiger partial charge on any atom is -0.478 e. The minimum absolute atomic E-state index is 0.651. The Morgan fingerprint density at radius 1 is 1.45 bits per heavy atom. The summed E-state index contributed by atoms with van der Waals surface area (Å²) in [4.78, 5) is 16.1. The Bertz CT molecular complexity index is 649. The van der Waals surface area contributed by atoms with E-state index in [1.807, 2.05) is 24.3 Å². The molecule has 20 heavy (non-hydrogen) atoms. The zero-order valence-electron chi connectivity index (χ0n) is 11.0. The Hall–Kier alpha value is -1.65. The third-order valence-corrected chi connectivity index (χ3v) is 4.12. The highest BCUT2D eigenvalue weighted by Gasteiger charge is 2.12. The number of aliphatic carboxylic acids is 1. The van der Waals surface area contributed by atoms with Crippen molar-refractivity contribution in [2.24, 2.45) is 0 Å². The van der Waals surface area contributed by atoms with Crippen molar-refractivity contribution in [3.63, 3.8) is 0 Å². The van der Waals surface area contributed by atoms with Crippen molar-refractivity contribution in [1.82, 2.24) is 4.98 Å². The van der Waals surface area contributed by atoms with Crippen LogP contribution in [0.15, 0.2) is 30.3 Å². The number of hydrogen-bond donors (Lipinski definition) is 1. The van der Waals surface area contributed by atoms with E-state index in [0.29, 0.717) is 5.02 Å². The predicted octanol–water partition coefficient (Wildman–Crippen LogP) is 4.51. The van der Waals surface area contributed by atoms with E-state index in [2.05, 4.69) is 11.9 Å². The van der Waals surface area contributed by atoms with Gasteiger partial charge in [-0.2, -0.15) is 0 Å². The molecule has 0 fully saturated rings. The highest BCUT2D eigenvalue weighted by atomic mass is 35.5. The Labute approximate surface area is 126 Å². The van der Waals surface area contributed by atoms with Crippen LogP contribution >= 0.6 is 22.9 Å². The van der Waals surface area contributed by atoms with E-state index in [9.17, 15) is 4.79 Å². The first-order chi connectivity index (χ1) is 9.61. The van der Waals surface area contributed by atoms with Gasteiger partial charge in [0, 0.05) is 11.6 Å². The van der Waals surface area contributed by atoms with E-state index in [1.54, 1.807) is 6.08 Å². The smallest absolute Gasteiger partial charge is 0.328 e. The van der Waals surface area contributed by atoms with Crippen LogP contribution in [0.1, 0.15) is 23.9 Å². The molecule has 0 bridgehead atoms. The van der Waals surface area contributed by atoms with Gasteiger partial charge in [0.15, 0.2) is 0 Å². The maximum atomic E-state index is 10.6. The first-order valence-corrected chi connectivity index (χ1v) is 7.47. The summed E-state index contributed by atoms with van der Waals surface area (Å²) in [5, 5.41) is 10.2. The van der Waals surface area contributed by atoms with Gasteiger partial charge in [0.2, 0.25) is 0 Å². The lowest BCUT2D eigenvalue weighted by Crippen LogP contribution is -1.88. The second kappa shape index (κ2) is 6.68. The van der Waals surface area contributed by atoms with Crippen LogP contribution in [0.4, 0.5) is 0 Å². The number of aryl methyl sites for hydroxylation is 1. The Morgan fingerprint density at radius 3 is 2.85 bits per heavy atom. The van der Waals surface area contributed by atoms with Gasteiger partial charge >= 0.3 is 5.97 Å². The van der Waals surface area contributed by atoms with Crippen molar-refractivity contribution in [3.8, 4) is 10.6 Å². The summed E-state index contributed by atoms with van der Waals surface area (Å²) < 4.78 is 0. The summed E-state index contributed by atoms with van der Waals surface area (Å²) >= 11 is 7.64. The first-order valence-electron chi connectivity index (χ1n) is 6.27. The summed E-state index contributed by atoms with van der Waals surface area (Å²) in [6.45, 7) is 2.07. The molecule has 1 heterocycles. The predicted molar refractivity (Wildman–Crippen MR) is 83.2 cm³/mol. The van der Waals surface area contributed by atoms with Crippen LogP contribution in [0.2, 0.25) is 5.02 Å². The summed E-state index contributed by atoms with van der Waals surface area (Å²) in [6.07, 6.45) is 4.52. The molecule has 1 aromatic carbocycles. The number of thiazole rings is 1. The van der Waals surface area contributed by atoms with Crippen LogP contribution in [0.25, 0.3) is 16.6 Å². The lowest BCUT2D eigenvalue weighted by Gasteiger charge is -1.98. The van der Waals surface area contributed by atoms with Gasteiger partial charge in [-0.3, -0.25) is 0 Å². The number of hydrogen-bond acceptors (Lipinski definition) is 3. The molecule has 0 aliphatic carbocycles. The average molecular weight is 308 g/mol. The van der Waals surface area contributed by atoms with Crippen molar-refractivity contribution in [3.05, 3.63) is 45.9 Å². The fraction of sp³-hybridized carbons (Fsp3) is 0.200. The maximum Gasteiger partial charge on any atom is 0.328 e. The average Bonchev–Trinajstić information content (AvgIpc) is 2.80. The maximum absolute atomic E-state index is 10.6. The molecule has 0 aliphatic rings. The molecule has 0 spiro atoms. The summed E-state index contributed by atoms with van der Waals surface area (Å²) in [5.41, 5.74) is 1.80. The molecule has 0 radical (unpaired) electrons. The number of benzene rings is 1. The summed E-state index contributed by atoms with van der Waals surface area (Å²) in [7, 11) is 0. The molecule has 1 aromatic heterocycles. The number of rotatable bonds is 5. The second-order valence-electron chi connectivity index (χ2n) is 4.23. The van der Waals surface area contributed by atoms with Crippen LogP contribution in [0.5, 0.6) is 0 Å². The van der Waals surface area contributed by atoms with Gasteiger partial charge in [0.25, 0.3) is 0 Å². The van der Waals surface area contributed by atoms with Crippen LogP contribution in [-0.4, -0.2) is 16.1 Å². The molecular weight excluding hydrogens is 294 g/mol. The molecule has 0 unspecified atom stereocenters. The number of nitrogens with zero attached hydrogens (tertiary/aromatic N) is 1. The van der Waals surface area contributed by atoms with Gasteiger partial charge < -0.3 is 5.11 Å². The Balaban J connectivity index is 2.44. The molecule has 0 atom stereocenters. The van der Waals surface area contributed by atoms with Gasteiger partial charge in [0.1, 0.15) is 5.01 Å².